The molecule has 0 radical (unpaired) electrons. The predicted molar refractivity (Wildman–Crippen MR) is 71.8 cm³/mol. The zero-order valence-electron chi connectivity index (χ0n) is 11.2. The van der Waals surface area contributed by atoms with Crippen LogP contribution in [0.4, 0.5) is 4.39 Å². The molecule has 0 saturated carbocycles. The molecule has 1 aliphatic heterocycles. The molecular formula is C13H19FN2O2S. The van der Waals surface area contributed by atoms with Gasteiger partial charge in [-0.3, -0.25) is 0 Å². The Morgan fingerprint density at radius 3 is 2.42 bits per heavy atom. The Bertz CT molecular complexity index is 563. The molecule has 0 amide bonds. The van der Waals surface area contributed by atoms with Gasteiger partial charge in [-0.2, -0.15) is 4.31 Å². The molecule has 1 aromatic rings. The van der Waals surface area contributed by atoms with Crippen molar-refractivity contribution in [2.24, 2.45) is 5.73 Å². The van der Waals surface area contributed by atoms with Gasteiger partial charge >= 0.3 is 0 Å². The molecule has 6 heteroatoms. The first-order valence-electron chi connectivity index (χ1n) is 6.35. The van der Waals surface area contributed by atoms with E-state index in [9.17, 15) is 12.8 Å². The van der Waals surface area contributed by atoms with Crippen LogP contribution in [-0.4, -0.2) is 31.9 Å². The van der Waals surface area contributed by atoms with Crippen molar-refractivity contribution in [2.45, 2.75) is 37.6 Å². The predicted octanol–water partition coefficient (Wildman–Crippen LogP) is 1.55. The quantitative estimate of drug-likeness (QED) is 0.897. The largest absolute Gasteiger partial charge is 0.327 e. The molecule has 2 N–H and O–H groups in total. The minimum Gasteiger partial charge on any atom is -0.327 e. The SMILES string of the molecule is Cc1cc(F)cc(C)c1S(=O)(=O)N1CCCC(N)C1. The molecule has 0 spiro atoms. The summed E-state index contributed by atoms with van der Waals surface area (Å²) >= 11 is 0. The van der Waals surface area contributed by atoms with Crippen molar-refractivity contribution in [3.05, 3.63) is 29.1 Å². The highest BCUT2D eigenvalue weighted by atomic mass is 32.2. The lowest BCUT2D eigenvalue weighted by Gasteiger charge is -2.30. The molecule has 106 valence electrons. The second kappa shape index (κ2) is 5.19. The van der Waals surface area contributed by atoms with Crippen molar-refractivity contribution in [1.82, 2.24) is 4.31 Å². The number of sulfonamides is 1. The van der Waals surface area contributed by atoms with Crippen LogP contribution < -0.4 is 5.73 Å². The van der Waals surface area contributed by atoms with E-state index in [1.54, 1.807) is 13.8 Å². The molecule has 1 saturated heterocycles. The molecule has 1 atom stereocenters. The lowest BCUT2D eigenvalue weighted by atomic mass is 10.1. The highest BCUT2D eigenvalue weighted by Gasteiger charge is 2.31. The van der Waals surface area contributed by atoms with Crippen LogP contribution in [0.5, 0.6) is 0 Å². The third-order valence-corrected chi connectivity index (χ3v) is 5.61. The van der Waals surface area contributed by atoms with Crippen molar-refractivity contribution in [3.63, 3.8) is 0 Å². The summed E-state index contributed by atoms with van der Waals surface area (Å²) in [6, 6.07) is 2.39. The Morgan fingerprint density at radius 1 is 1.32 bits per heavy atom. The summed E-state index contributed by atoms with van der Waals surface area (Å²) < 4.78 is 40.0. The van der Waals surface area contributed by atoms with E-state index in [1.807, 2.05) is 0 Å². The number of nitrogens with zero attached hydrogens (tertiary/aromatic N) is 1. The maximum absolute atomic E-state index is 13.3. The Labute approximate surface area is 113 Å². The fourth-order valence-corrected chi connectivity index (χ4v) is 4.57. The van der Waals surface area contributed by atoms with E-state index in [0.29, 0.717) is 24.2 Å². The minimum absolute atomic E-state index is 0.121. The maximum atomic E-state index is 13.3. The molecule has 1 heterocycles. The number of aryl methyl sites for hydroxylation is 2. The number of rotatable bonds is 2. The average Bonchev–Trinajstić information content (AvgIpc) is 2.26. The van der Waals surface area contributed by atoms with E-state index in [4.69, 9.17) is 5.73 Å². The molecule has 0 aromatic heterocycles. The minimum atomic E-state index is -3.59. The Kier molecular flexibility index (Phi) is 3.94. The lowest BCUT2D eigenvalue weighted by molar-refractivity contribution is 0.316. The Hall–Kier alpha value is -0.980. The van der Waals surface area contributed by atoms with Gasteiger partial charge in [0.2, 0.25) is 10.0 Å². The Morgan fingerprint density at radius 2 is 1.89 bits per heavy atom. The van der Waals surface area contributed by atoms with Gasteiger partial charge in [0, 0.05) is 19.1 Å². The molecule has 2 rings (SSSR count). The van der Waals surface area contributed by atoms with Crippen LogP contribution in [0.25, 0.3) is 0 Å². The second-order valence-corrected chi connectivity index (χ2v) is 7.01. The maximum Gasteiger partial charge on any atom is 0.243 e. The fraction of sp³-hybridized carbons (Fsp3) is 0.538. The van der Waals surface area contributed by atoms with Crippen LogP contribution in [0.2, 0.25) is 0 Å². The van der Waals surface area contributed by atoms with Gasteiger partial charge in [-0.25, -0.2) is 12.8 Å². The third kappa shape index (κ3) is 2.80. The first-order valence-corrected chi connectivity index (χ1v) is 7.79. The fourth-order valence-electron chi connectivity index (χ4n) is 2.63. The standard InChI is InChI=1S/C13H19FN2O2S/c1-9-6-11(14)7-10(2)13(9)19(17,18)16-5-3-4-12(15)8-16/h6-7,12H,3-5,8,15H2,1-2H3. The molecule has 1 unspecified atom stereocenters. The van der Waals surface area contributed by atoms with Gasteiger partial charge in [-0.15, -0.1) is 0 Å². The molecule has 0 bridgehead atoms. The third-order valence-electron chi connectivity index (χ3n) is 3.44. The lowest BCUT2D eigenvalue weighted by Crippen LogP contribution is -2.45. The van der Waals surface area contributed by atoms with E-state index in [-0.39, 0.29) is 10.9 Å². The molecule has 4 nitrogen and oxygen atoms in total. The van der Waals surface area contributed by atoms with Crippen LogP contribution in [0.15, 0.2) is 17.0 Å². The molecular weight excluding hydrogens is 267 g/mol. The van der Waals surface area contributed by atoms with Gasteiger partial charge in [0.05, 0.1) is 4.90 Å². The average molecular weight is 286 g/mol. The highest BCUT2D eigenvalue weighted by molar-refractivity contribution is 7.89. The van der Waals surface area contributed by atoms with E-state index in [1.165, 1.54) is 16.4 Å². The normalized spacial score (nSPS) is 21.6. The molecule has 19 heavy (non-hydrogen) atoms. The van der Waals surface area contributed by atoms with Crippen molar-refractivity contribution >= 4 is 10.0 Å². The zero-order valence-corrected chi connectivity index (χ0v) is 12.0. The van der Waals surface area contributed by atoms with E-state index < -0.39 is 15.8 Å². The van der Waals surface area contributed by atoms with Gasteiger partial charge < -0.3 is 5.73 Å². The van der Waals surface area contributed by atoms with Crippen LogP contribution in [0, 0.1) is 19.7 Å². The molecule has 1 aromatic carbocycles. The van der Waals surface area contributed by atoms with Crippen LogP contribution >= 0.6 is 0 Å². The van der Waals surface area contributed by atoms with Crippen molar-refractivity contribution in [2.75, 3.05) is 13.1 Å². The van der Waals surface area contributed by atoms with Crippen molar-refractivity contribution < 1.29 is 12.8 Å². The summed E-state index contributed by atoms with van der Waals surface area (Å²) in [5.41, 5.74) is 6.72. The summed E-state index contributed by atoms with van der Waals surface area (Å²) in [7, 11) is -3.59. The first kappa shape index (κ1) is 14.4. The van der Waals surface area contributed by atoms with Gasteiger partial charge in [-0.1, -0.05) is 0 Å². The highest BCUT2D eigenvalue weighted by Crippen LogP contribution is 2.26. The van der Waals surface area contributed by atoms with Gasteiger partial charge in [0.25, 0.3) is 0 Å². The van der Waals surface area contributed by atoms with Crippen molar-refractivity contribution in [1.29, 1.82) is 0 Å². The van der Waals surface area contributed by atoms with Crippen LogP contribution in [0.1, 0.15) is 24.0 Å². The van der Waals surface area contributed by atoms with E-state index in [2.05, 4.69) is 0 Å². The van der Waals surface area contributed by atoms with Crippen LogP contribution in [0.3, 0.4) is 0 Å². The summed E-state index contributed by atoms with van der Waals surface area (Å²) in [6.45, 7) is 4.05. The van der Waals surface area contributed by atoms with Gasteiger partial charge in [0.15, 0.2) is 0 Å². The molecule has 1 aliphatic rings. The number of benzene rings is 1. The van der Waals surface area contributed by atoms with Crippen molar-refractivity contribution in [3.8, 4) is 0 Å². The van der Waals surface area contributed by atoms with E-state index >= 15 is 0 Å². The second-order valence-electron chi connectivity index (χ2n) is 5.13. The smallest absolute Gasteiger partial charge is 0.243 e. The summed E-state index contributed by atoms with van der Waals surface area (Å²) in [6.07, 6.45) is 1.60. The molecule has 1 fully saturated rings. The van der Waals surface area contributed by atoms with Gasteiger partial charge in [-0.05, 0) is 49.9 Å². The summed E-state index contributed by atoms with van der Waals surface area (Å²) in [5, 5.41) is 0. The zero-order chi connectivity index (χ0) is 14.2. The molecule has 0 aliphatic carbocycles. The topological polar surface area (TPSA) is 63.4 Å². The van der Waals surface area contributed by atoms with Gasteiger partial charge in [0.1, 0.15) is 5.82 Å². The first-order chi connectivity index (χ1) is 8.82. The van der Waals surface area contributed by atoms with Crippen LogP contribution in [-0.2, 0) is 10.0 Å². The number of hydrogen-bond acceptors (Lipinski definition) is 3. The monoisotopic (exact) mass is 286 g/mol. The number of halogens is 1. The number of piperidine rings is 1. The number of hydrogen-bond donors (Lipinski definition) is 1. The Balaban J connectivity index is 2.45. The van der Waals surface area contributed by atoms with E-state index in [0.717, 1.165) is 12.8 Å². The number of nitrogens with two attached hydrogens (primary N) is 1. The summed E-state index contributed by atoms with van der Waals surface area (Å²) in [4.78, 5) is 0.211. The summed E-state index contributed by atoms with van der Waals surface area (Å²) in [5.74, 6) is -0.413.